The van der Waals surface area contributed by atoms with E-state index in [1.54, 1.807) is 24.5 Å². The fourth-order valence-electron chi connectivity index (χ4n) is 3.92. The van der Waals surface area contributed by atoms with E-state index in [4.69, 9.17) is 32.7 Å². The number of nitrogens with one attached hydrogen (secondary N) is 1. The van der Waals surface area contributed by atoms with E-state index in [0.717, 1.165) is 17.1 Å². The number of ketones is 1. The molecular weight excluding hydrogens is 421 g/mol. The van der Waals surface area contributed by atoms with Gasteiger partial charge in [-0.05, 0) is 42.5 Å². The summed E-state index contributed by atoms with van der Waals surface area (Å²) in [6.45, 7) is 0. The zero-order valence-electron chi connectivity index (χ0n) is 15.8. The van der Waals surface area contributed by atoms with Crippen molar-refractivity contribution in [2.24, 2.45) is 0 Å². The molecule has 2 heterocycles. The highest BCUT2D eigenvalue weighted by Gasteiger charge is 2.34. The van der Waals surface area contributed by atoms with Gasteiger partial charge in [-0.3, -0.25) is 4.79 Å². The Bertz CT molecular complexity index is 1200. The second kappa shape index (κ2) is 7.67. The summed E-state index contributed by atoms with van der Waals surface area (Å²) < 4.78 is 7.41. The third-order valence-electron chi connectivity index (χ3n) is 5.20. The molecule has 30 heavy (non-hydrogen) atoms. The Balaban J connectivity index is 1.62. The zero-order chi connectivity index (χ0) is 20.7. The first-order chi connectivity index (χ1) is 14.6. The molecule has 0 unspecified atom stereocenters. The van der Waals surface area contributed by atoms with Gasteiger partial charge in [0.1, 0.15) is 5.76 Å². The molecule has 1 aliphatic rings. The molecule has 1 N–H and O–H groups in total. The third-order valence-corrected chi connectivity index (χ3v) is 5.64. The maximum absolute atomic E-state index is 13.2. The topological polar surface area (TPSA) is 60.1 Å². The van der Waals surface area contributed by atoms with Crippen molar-refractivity contribution >= 4 is 40.5 Å². The highest BCUT2D eigenvalue weighted by Crippen LogP contribution is 2.38. The summed E-state index contributed by atoms with van der Waals surface area (Å²) in [5.74, 6) is 1.31. The normalized spacial score (nSPS) is 15.8. The molecule has 2 aromatic carbocycles. The van der Waals surface area contributed by atoms with Crippen LogP contribution >= 0.6 is 23.2 Å². The maximum Gasteiger partial charge on any atom is 0.169 e. The van der Waals surface area contributed by atoms with Crippen molar-refractivity contribution in [3.8, 4) is 5.69 Å². The second-order valence-corrected chi connectivity index (χ2v) is 8.12. The van der Waals surface area contributed by atoms with Crippen molar-refractivity contribution in [2.45, 2.75) is 18.8 Å². The number of hydrogen-bond acceptors (Lipinski definition) is 4. The predicted octanol–water partition coefficient (Wildman–Crippen LogP) is 6.43. The zero-order valence-corrected chi connectivity index (χ0v) is 17.3. The van der Waals surface area contributed by atoms with Crippen LogP contribution in [0, 0.1) is 0 Å². The Morgan fingerprint density at radius 2 is 1.77 bits per heavy atom. The minimum Gasteiger partial charge on any atom is -0.469 e. The molecule has 0 radical (unpaired) electrons. The number of anilines is 2. The van der Waals surface area contributed by atoms with Crippen LogP contribution in [0.1, 0.15) is 34.2 Å². The van der Waals surface area contributed by atoms with Crippen LogP contribution in [0.25, 0.3) is 5.69 Å². The summed E-state index contributed by atoms with van der Waals surface area (Å²) in [5.41, 5.74) is 3.01. The summed E-state index contributed by atoms with van der Waals surface area (Å²) in [6.07, 6.45) is 2.65. The first kappa shape index (κ1) is 19.0. The number of furan rings is 1. The lowest BCUT2D eigenvalue weighted by molar-refractivity contribution is 0.0960. The van der Waals surface area contributed by atoms with Gasteiger partial charge in [0, 0.05) is 34.5 Å². The molecule has 0 saturated heterocycles. The molecule has 5 nitrogen and oxygen atoms in total. The quantitative estimate of drug-likeness (QED) is 0.399. The second-order valence-electron chi connectivity index (χ2n) is 7.24. The standard InChI is InChI=1S/C23H17Cl2N3O2/c24-15-11-16(25)13-17(12-15)26-23-22-19(28(27-23)18-5-2-1-3-6-18)9-14(10-20(22)29)21-7-4-8-30-21/h1-8,11-14H,9-10H2,(H,26,27)/t14-/m1/s1. The van der Waals surface area contributed by atoms with Gasteiger partial charge in [0.15, 0.2) is 11.6 Å². The first-order valence-electron chi connectivity index (χ1n) is 9.55. The average Bonchev–Trinajstić information content (AvgIpc) is 3.37. The number of halogens is 2. The number of nitrogens with zero attached hydrogens (tertiary/aromatic N) is 2. The van der Waals surface area contributed by atoms with Crippen molar-refractivity contribution in [2.75, 3.05) is 5.32 Å². The van der Waals surface area contributed by atoms with Crippen LogP contribution < -0.4 is 5.32 Å². The van der Waals surface area contributed by atoms with Crippen LogP contribution in [-0.2, 0) is 6.42 Å². The Morgan fingerprint density at radius 1 is 1.00 bits per heavy atom. The molecule has 0 saturated carbocycles. The summed E-state index contributed by atoms with van der Waals surface area (Å²) in [5, 5.41) is 9.00. The molecule has 0 fully saturated rings. The first-order valence-corrected chi connectivity index (χ1v) is 10.3. The van der Waals surface area contributed by atoms with Gasteiger partial charge >= 0.3 is 0 Å². The molecular formula is C23H17Cl2N3O2. The lowest BCUT2D eigenvalue weighted by atomic mass is 9.85. The molecule has 0 aliphatic heterocycles. The molecule has 4 aromatic rings. The molecule has 150 valence electrons. The van der Waals surface area contributed by atoms with Gasteiger partial charge in [-0.2, -0.15) is 0 Å². The van der Waals surface area contributed by atoms with Gasteiger partial charge in [0.25, 0.3) is 0 Å². The number of para-hydroxylation sites is 1. The van der Waals surface area contributed by atoms with Gasteiger partial charge < -0.3 is 9.73 Å². The van der Waals surface area contributed by atoms with Crippen LogP contribution in [0.2, 0.25) is 10.0 Å². The van der Waals surface area contributed by atoms with E-state index in [2.05, 4.69) is 5.32 Å². The number of hydrogen-bond donors (Lipinski definition) is 1. The van der Waals surface area contributed by atoms with Crippen molar-refractivity contribution < 1.29 is 9.21 Å². The SMILES string of the molecule is O=C1C[C@H](c2ccco2)Cc2c1c(Nc1cc(Cl)cc(Cl)c1)nn2-c1ccccc1. The van der Waals surface area contributed by atoms with Gasteiger partial charge in [0.05, 0.1) is 23.2 Å². The van der Waals surface area contributed by atoms with Crippen molar-refractivity contribution in [1.29, 1.82) is 0 Å². The van der Waals surface area contributed by atoms with E-state index in [1.807, 2.05) is 47.1 Å². The lowest BCUT2D eigenvalue weighted by Gasteiger charge is -2.21. The highest BCUT2D eigenvalue weighted by atomic mass is 35.5. The number of carbonyl (C=O) groups is 1. The van der Waals surface area contributed by atoms with E-state index in [9.17, 15) is 4.79 Å². The molecule has 0 bridgehead atoms. The lowest BCUT2D eigenvalue weighted by Crippen LogP contribution is -2.20. The van der Waals surface area contributed by atoms with Gasteiger partial charge in [-0.15, -0.1) is 5.10 Å². The molecule has 0 amide bonds. The predicted molar refractivity (Wildman–Crippen MR) is 117 cm³/mol. The van der Waals surface area contributed by atoms with Crippen LogP contribution in [0.15, 0.2) is 71.3 Å². The highest BCUT2D eigenvalue weighted by molar-refractivity contribution is 6.35. The van der Waals surface area contributed by atoms with Gasteiger partial charge in [0.2, 0.25) is 0 Å². The van der Waals surface area contributed by atoms with E-state index in [-0.39, 0.29) is 11.7 Å². The number of benzene rings is 2. The number of aromatic nitrogens is 2. The largest absolute Gasteiger partial charge is 0.469 e. The van der Waals surface area contributed by atoms with Gasteiger partial charge in [-0.25, -0.2) is 4.68 Å². The number of rotatable bonds is 4. The van der Waals surface area contributed by atoms with E-state index >= 15 is 0 Å². The minimum atomic E-state index is -0.0207. The number of Topliss-reactive ketones (excluding diaryl/α,β-unsaturated/α-hetero) is 1. The molecule has 5 rings (SSSR count). The Labute approximate surface area is 183 Å². The Kier molecular flexibility index (Phi) is 4.85. The van der Waals surface area contributed by atoms with Crippen LogP contribution in [-0.4, -0.2) is 15.6 Å². The smallest absolute Gasteiger partial charge is 0.169 e. The summed E-state index contributed by atoms with van der Waals surface area (Å²) in [6, 6.07) is 18.7. The average molecular weight is 438 g/mol. The third kappa shape index (κ3) is 3.51. The molecule has 1 atom stereocenters. The molecule has 2 aromatic heterocycles. The number of carbonyl (C=O) groups excluding carboxylic acids is 1. The van der Waals surface area contributed by atoms with Crippen LogP contribution in [0.5, 0.6) is 0 Å². The van der Waals surface area contributed by atoms with Crippen LogP contribution in [0.3, 0.4) is 0 Å². The molecule has 7 heteroatoms. The van der Waals surface area contributed by atoms with Crippen LogP contribution in [0.4, 0.5) is 11.5 Å². The van der Waals surface area contributed by atoms with Gasteiger partial charge in [-0.1, -0.05) is 41.4 Å². The maximum atomic E-state index is 13.2. The molecule has 0 spiro atoms. The van der Waals surface area contributed by atoms with Crippen molar-refractivity contribution in [1.82, 2.24) is 9.78 Å². The Morgan fingerprint density at radius 3 is 2.47 bits per heavy atom. The van der Waals surface area contributed by atoms with E-state index in [0.29, 0.717) is 40.0 Å². The van der Waals surface area contributed by atoms with Crippen molar-refractivity contribution in [3.63, 3.8) is 0 Å². The summed E-state index contributed by atoms with van der Waals surface area (Å²) in [4.78, 5) is 13.2. The number of fused-ring (bicyclic) bond motifs is 1. The fourth-order valence-corrected chi connectivity index (χ4v) is 4.45. The Hall–Kier alpha value is -3.02. The fraction of sp³-hybridized carbons (Fsp3) is 0.130. The van der Waals surface area contributed by atoms with E-state index in [1.165, 1.54) is 0 Å². The van der Waals surface area contributed by atoms with Crippen molar-refractivity contribution in [3.05, 3.63) is 94.0 Å². The summed E-state index contributed by atoms with van der Waals surface area (Å²) >= 11 is 12.3. The summed E-state index contributed by atoms with van der Waals surface area (Å²) in [7, 11) is 0. The minimum absolute atomic E-state index is 0.0207. The molecule has 1 aliphatic carbocycles. The monoisotopic (exact) mass is 437 g/mol. The van der Waals surface area contributed by atoms with E-state index < -0.39 is 0 Å².